The number of nitrogens with zero attached hydrogens (tertiary/aromatic N) is 7. The van der Waals surface area contributed by atoms with Crippen LogP contribution in [0.4, 0.5) is 28.4 Å². The molecule has 4 aromatic rings. The molecule has 2 amide bonds. The molecule has 0 atom stereocenters. The van der Waals surface area contributed by atoms with E-state index in [1.807, 2.05) is 0 Å². The van der Waals surface area contributed by atoms with Gasteiger partial charge in [0.05, 0.1) is 25.2 Å². The first-order chi connectivity index (χ1) is 22.1. The zero-order valence-electron chi connectivity index (χ0n) is 26.5. The van der Waals surface area contributed by atoms with Gasteiger partial charge < -0.3 is 18.4 Å². The van der Waals surface area contributed by atoms with E-state index in [4.69, 9.17) is 18.4 Å². The molecule has 47 heavy (non-hydrogen) atoms. The Kier molecular flexibility index (Phi) is 9.04. The predicted octanol–water partition coefficient (Wildman–Crippen LogP) is 6.93. The number of amides is 2. The molecular formula is C31H32F3N7O6. The smallest absolute Gasteiger partial charge is 0.417 e. The van der Waals surface area contributed by atoms with Crippen molar-refractivity contribution < 1.29 is 41.2 Å². The minimum Gasteiger partial charge on any atom is -0.443 e. The van der Waals surface area contributed by atoms with Crippen molar-refractivity contribution >= 4 is 23.8 Å². The van der Waals surface area contributed by atoms with E-state index < -0.39 is 41.5 Å². The maximum absolute atomic E-state index is 14.8. The Morgan fingerprint density at radius 3 is 2.04 bits per heavy atom. The van der Waals surface area contributed by atoms with Gasteiger partial charge in [0.15, 0.2) is 0 Å². The normalized spacial score (nSPS) is 13.8. The summed E-state index contributed by atoms with van der Waals surface area (Å²) >= 11 is 0. The van der Waals surface area contributed by atoms with Crippen LogP contribution in [0.5, 0.6) is 0 Å². The third kappa shape index (κ3) is 8.12. The first kappa shape index (κ1) is 33.1. The largest absolute Gasteiger partial charge is 0.443 e. The van der Waals surface area contributed by atoms with Crippen molar-refractivity contribution in [2.24, 2.45) is 4.99 Å². The molecule has 1 aliphatic rings. The van der Waals surface area contributed by atoms with Crippen LogP contribution in [0.3, 0.4) is 0 Å². The van der Waals surface area contributed by atoms with Gasteiger partial charge in [-0.25, -0.2) is 28.8 Å². The lowest BCUT2D eigenvalue weighted by molar-refractivity contribution is 0.0375. The summed E-state index contributed by atoms with van der Waals surface area (Å²) in [5.41, 5.74) is -0.198. The van der Waals surface area contributed by atoms with E-state index in [1.165, 1.54) is 21.9 Å². The third-order valence-corrected chi connectivity index (χ3v) is 6.35. The minimum absolute atomic E-state index is 0.0437. The van der Waals surface area contributed by atoms with Gasteiger partial charge in [0, 0.05) is 11.1 Å². The first-order valence-electron chi connectivity index (χ1n) is 14.5. The molecule has 0 aliphatic carbocycles. The summed E-state index contributed by atoms with van der Waals surface area (Å²) in [7, 11) is 0. The Balaban J connectivity index is 1.32. The molecule has 2 aromatic heterocycles. The molecule has 16 heteroatoms. The lowest BCUT2D eigenvalue weighted by Crippen LogP contribution is -2.44. The van der Waals surface area contributed by atoms with Crippen LogP contribution >= 0.6 is 0 Å². The van der Waals surface area contributed by atoms with Crippen molar-refractivity contribution in [2.45, 2.75) is 65.6 Å². The van der Waals surface area contributed by atoms with Crippen LogP contribution in [0, 0.1) is 5.82 Å². The number of guanidine groups is 1. The van der Waals surface area contributed by atoms with Gasteiger partial charge in [0.2, 0.25) is 23.6 Å². The number of carbonyl (C=O) groups is 2. The number of rotatable bonds is 6. The fourth-order valence-corrected chi connectivity index (χ4v) is 4.32. The molecule has 0 N–H and O–H groups in total. The van der Waals surface area contributed by atoms with Crippen molar-refractivity contribution in [3.63, 3.8) is 0 Å². The van der Waals surface area contributed by atoms with Crippen LogP contribution in [-0.4, -0.2) is 72.6 Å². The summed E-state index contributed by atoms with van der Waals surface area (Å²) in [5.74, 6) is -1.33. The molecule has 0 radical (unpaired) electrons. The third-order valence-electron chi connectivity index (χ3n) is 6.35. The van der Waals surface area contributed by atoms with E-state index >= 15 is 0 Å². The van der Waals surface area contributed by atoms with Crippen LogP contribution in [0.2, 0.25) is 0 Å². The average Bonchev–Trinajstić information content (AvgIpc) is 3.73. The number of halogens is 3. The zero-order valence-corrected chi connectivity index (χ0v) is 26.5. The van der Waals surface area contributed by atoms with Crippen LogP contribution in [-0.2, 0) is 15.9 Å². The Hall–Kier alpha value is -5.28. The first-order valence-corrected chi connectivity index (χ1v) is 14.5. The monoisotopic (exact) mass is 655 g/mol. The van der Waals surface area contributed by atoms with Crippen molar-refractivity contribution in [3.8, 4) is 22.8 Å². The molecular weight excluding hydrogens is 623 g/mol. The van der Waals surface area contributed by atoms with Gasteiger partial charge in [0.1, 0.15) is 17.0 Å². The number of hydrogen-bond acceptors (Lipinski definition) is 11. The van der Waals surface area contributed by atoms with Crippen LogP contribution in [0.1, 0.15) is 65.3 Å². The van der Waals surface area contributed by atoms with Gasteiger partial charge in [-0.1, -0.05) is 11.2 Å². The molecule has 248 valence electrons. The molecule has 0 saturated carbocycles. The summed E-state index contributed by atoms with van der Waals surface area (Å²) < 4.78 is 61.6. The maximum Gasteiger partial charge on any atom is 0.417 e. The van der Waals surface area contributed by atoms with Gasteiger partial charge in [-0.3, -0.25) is 0 Å². The highest BCUT2D eigenvalue weighted by Gasteiger charge is 2.39. The van der Waals surface area contributed by atoms with Crippen LogP contribution in [0.15, 0.2) is 56.4 Å². The second kappa shape index (κ2) is 12.8. The van der Waals surface area contributed by atoms with Crippen LogP contribution < -0.4 is 0 Å². The topological polar surface area (TPSA) is 149 Å². The maximum atomic E-state index is 14.8. The predicted molar refractivity (Wildman–Crippen MR) is 160 cm³/mol. The molecule has 2 aromatic carbocycles. The standard InChI is InChI=1S/C31H32F3N7O6/c1-30(2,3)45-28(42)40-13-14-41(29(43)46-31(4,5)6)27(40)35-20-11-9-17(10-12-20)24-36-22(47-39-24)16-18-7-8-19(15-21(18)32)25-37-38-26(44-25)23(33)34/h7-12,15,23H,13-14,16H2,1-6H3. The fourth-order valence-electron chi connectivity index (χ4n) is 4.32. The number of benzene rings is 2. The van der Waals surface area contributed by atoms with Gasteiger partial charge in [0.25, 0.3) is 5.89 Å². The summed E-state index contributed by atoms with van der Waals surface area (Å²) in [6.45, 7) is 10.8. The van der Waals surface area contributed by atoms with Crippen molar-refractivity contribution in [1.29, 1.82) is 0 Å². The molecule has 5 rings (SSSR count). The van der Waals surface area contributed by atoms with E-state index in [2.05, 4.69) is 25.3 Å². The minimum atomic E-state index is -2.94. The summed E-state index contributed by atoms with van der Waals surface area (Å²) in [6.07, 6.45) is -4.29. The Bertz CT molecular complexity index is 1750. The van der Waals surface area contributed by atoms with E-state index in [-0.39, 0.29) is 54.2 Å². The molecule has 13 nitrogen and oxygen atoms in total. The van der Waals surface area contributed by atoms with Gasteiger partial charge >= 0.3 is 18.6 Å². The number of hydrogen-bond donors (Lipinski definition) is 0. The number of aromatic nitrogens is 4. The van der Waals surface area contributed by atoms with E-state index in [9.17, 15) is 22.8 Å². The van der Waals surface area contributed by atoms with Gasteiger partial charge in [-0.15, -0.1) is 10.2 Å². The van der Waals surface area contributed by atoms with Crippen molar-refractivity contribution in [2.75, 3.05) is 13.1 Å². The molecule has 1 aliphatic heterocycles. The molecule has 3 heterocycles. The van der Waals surface area contributed by atoms with E-state index in [0.29, 0.717) is 11.3 Å². The van der Waals surface area contributed by atoms with Crippen molar-refractivity contribution in [3.05, 3.63) is 65.6 Å². The highest BCUT2D eigenvalue weighted by molar-refractivity contribution is 6.04. The summed E-state index contributed by atoms with van der Waals surface area (Å²) in [6, 6.07) is 10.6. The average molecular weight is 656 g/mol. The van der Waals surface area contributed by atoms with Crippen molar-refractivity contribution in [1.82, 2.24) is 30.1 Å². The molecule has 1 fully saturated rings. The number of alkyl halides is 2. The lowest BCUT2D eigenvalue weighted by Gasteiger charge is -2.27. The Morgan fingerprint density at radius 1 is 0.915 bits per heavy atom. The zero-order chi connectivity index (χ0) is 34.1. The Morgan fingerprint density at radius 2 is 1.51 bits per heavy atom. The molecule has 0 bridgehead atoms. The summed E-state index contributed by atoms with van der Waals surface area (Å²) in [5, 5.41) is 10.8. The number of carbonyl (C=O) groups excluding carboxylic acids is 2. The van der Waals surface area contributed by atoms with Gasteiger partial charge in [-0.05, 0) is 83.5 Å². The summed E-state index contributed by atoms with van der Waals surface area (Å²) in [4.78, 5) is 37.4. The lowest BCUT2D eigenvalue weighted by atomic mass is 10.1. The number of aliphatic imine (C=N–C) groups is 1. The van der Waals surface area contributed by atoms with E-state index in [0.717, 1.165) is 6.07 Å². The number of ether oxygens (including phenoxy) is 2. The highest BCUT2D eigenvalue weighted by atomic mass is 19.3. The van der Waals surface area contributed by atoms with Gasteiger partial charge in [-0.2, -0.15) is 13.8 Å². The van der Waals surface area contributed by atoms with Crippen LogP contribution in [0.25, 0.3) is 22.8 Å². The molecule has 0 spiro atoms. The quantitative estimate of drug-likeness (QED) is 0.214. The second-order valence-electron chi connectivity index (χ2n) is 12.5. The molecule has 0 unspecified atom stereocenters. The molecule has 1 saturated heterocycles. The second-order valence-corrected chi connectivity index (χ2v) is 12.5. The highest BCUT2D eigenvalue weighted by Crippen LogP contribution is 2.27. The fraction of sp³-hybridized carbons (Fsp3) is 0.387. The Labute approximate surface area is 267 Å². The SMILES string of the molecule is CC(C)(C)OC(=O)N1CCN(C(=O)OC(C)(C)C)C1=Nc1ccc(-c2noc(Cc3ccc(-c4nnc(C(F)F)o4)cc3F)n2)cc1. The van der Waals surface area contributed by atoms with E-state index in [1.54, 1.807) is 65.8 Å².